The fourth-order valence-corrected chi connectivity index (χ4v) is 1.82. The summed E-state index contributed by atoms with van der Waals surface area (Å²) in [5.41, 5.74) is 4.81. The monoisotopic (exact) mass is 212 g/mol. The van der Waals surface area contributed by atoms with Gasteiger partial charge in [-0.15, -0.1) is 0 Å². The van der Waals surface area contributed by atoms with Crippen LogP contribution in [0.15, 0.2) is 42.6 Å². The average Bonchev–Trinajstić information content (AvgIpc) is 2.30. The van der Waals surface area contributed by atoms with Crippen LogP contribution >= 0.6 is 0 Å². The van der Waals surface area contributed by atoms with E-state index in [9.17, 15) is 0 Å². The Labute approximate surface area is 96.4 Å². The summed E-state index contributed by atoms with van der Waals surface area (Å²) in [7, 11) is 1.94. The fourth-order valence-electron chi connectivity index (χ4n) is 1.82. The van der Waals surface area contributed by atoms with Gasteiger partial charge in [0, 0.05) is 18.3 Å². The molecule has 1 aromatic heterocycles. The van der Waals surface area contributed by atoms with Crippen molar-refractivity contribution in [3.05, 3.63) is 53.9 Å². The van der Waals surface area contributed by atoms with Crippen LogP contribution in [0.4, 0.5) is 0 Å². The Balaban J connectivity index is 2.46. The number of rotatable bonds is 3. The van der Waals surface area contributed by atoms with Crippen molar-refractivity contribution in [3.8, 4) is 11.1 Å². The van der Waals surface area contributed by atoms with Crippen LogP contribution in [0.5, 0.6) is 0 Å². The second-order valence-corrected chi connectivity index (χ2v) is 3.90. The highest BCUT2D eigenvalue weighted by atomic mass is 14.8. The van der Waals surface area contributed by atoms with Gasteiger partial charge in [0.1, 0.15) is 0 Å². The highest BCUT2D eigenvalue weighted by Gasteiger charge is 2.04. The van der Waals surface area contributed by atoms with Gasteiger partial charge in [0.05, 0.1) is 5.69 Å². The van der Waals surface area contributed by atoms with Crippen LogP contribution in [0.1, 0.15) is 11.3 Å². The zero-order valence-electron chi connectivity index (χ0n) is 9.70. The molecular weight excluding hydrogens is 196 g/mol. The molecule has 2 aromatic rings. The van der Waals surface area contributed by atoms with E-state index >= 15 is 0 Å². The van der Waals surface area contributed by atoms with Crippen molar-refractivity contribution in [2.24, 2.45) is 0 Å². The Morgan fingerprint density at radius 3 is 2.81 bits per heavy atom. The molecule has 0 bridgehead atoms. The summed E-state index contributed by atoms with van der Waals surface area (Å²) in [4.78, 5) is 4.41. The molecule has 0 unspecified atom stereocenters. The average molecular weight is 212 g/mol. The maximum Gasteiger partial charge on any atom is 0.0619 e. The van der Waals surface area contributed by atoms with Crippen molar-refractivity contribution in [3.63, 3.8) is 0 Å². The van der Waals surface area contributed by atoms with Crippen LogP contribution in [0.25, 0.3) is 11.1 Å². The molecule has 2 nitrogen and oxygen atoms in total. The summed E-state index contributed by atoms with van der Waals surface area (Å²) >= 11 is 0. The van der Waals surface area contributed by atoms with Crippen molar-refractivity contribution in [2.45, 2.75) is 13.5 Å². The van der Waals surface area contributed by atoms with Gasteiger partial charge in [-0.2, -0.15) is 0 Å². The van der Waals surface area contributed by atoms with Crippen LogP contribution in [0.3, 0.4) is 0 Å². The molecule has 1 heterocycles. The Bertz CT molecular complexity index is 478. The highest BCUT2D eigenvalue weighted by molar-refractivity contribution is 5.66. The number of aryl methyl sites for hydroxylation is 1. The van der Waals surface area contributed by atoms with Gasteiger partial charge in [-0.05, 0) is 25.6 Å². The maximum atomic E-state index is 4.41. The van der Waals surface area contributed by atoms with Crippen molar-refractivity contribution >= 4 is 0 Å². The van der Waals surface area contributed by atoms with Gasteiger partial charge in [0.15, 0.2) is 0 Å². The standard InChI is InChI=1S/C14H16N2/c1-11-5-3-6-12(9-11)13-7-4-8-16-14(13)10-15-2/h3-9,15H,10H2,1-2H3. The van der Waals surface area contributed by atoms with Crippen LogP contribution in [-0.4, -0.2) is 12.0 Å². The third kappa shape index (κ3) is 2.28. The van der Waals surface area contributed by atoms with E-state index in [0.29, 0.717) is 0 Å². The molecule has 0 spiro atoms. The molecule has 0 saturated carbocycles. The minimum Gasteiger partial charge on any atom is -0.314 e. The highest BCUT2D eigenvalue weighted by Crippen LogP contribution is 2.22. The fraction of sp³-hybridized carbons (Fsp3) is 0.214. The predicted molar refractivity (Wildman–Crippen MR) is 67.2 cm³/mol. The van der Waals surface area contributed by atoms with Crippen molar-refractivity contribution in [1.29, 1.82) is 0 Å². The van der Waals surface area contributed by atoms with E-state index in [-0.39, 0.29) is 0 Å². The number of hydrogen-bond donors (Lipinski definition) is 1. The summed E-state index contributed by atoms with van der Waals surface area (Å²) in [6, 6.07) is 12.6. The quantitative estimate of drug-likeness (QED) is 0.846. The lowest BCUT2D eigenvalue weighted by atomic mass is 10.0. The van der Waals surface area contributed by atoms with Crippen LogP contribution < -0.4 is 5.32 Å². The maximum absolute atomic E-state index is 4.41. The molecule has 2 heteroatoms. The van der Waals surface area contributed by atoms with Crippen molar-refractivity contribution in [2.75, 3.05) is 7.05 Å². The van der Waals surface area contributed by atoms with E-state index in [1.165, 1.54) is 16.7 Å². The second kappa shape index (κ2) is 4.90. The first kappa shape index (κ1) is 10.8. The summed E-state index contributed by atoms with van der Waals surface area (Å²) in [5, 5.41) is 3.15. The van der Waals surface area contributed by atoms with E-state index in [1.807, 2.05) is 19.3 Å². The number of pyridine rings is 1. The van der Waals surface area contributed by atoms with Crippen LogP contribution in [-0.2, 0) is 6.54 Å². The first-order valence-electron chi connectivity index (χ1n) is 5.47. The second-order valence-electron chi connectivity index (χ2n) is 3.90. The third-order valence-electron chi connectivity index (χ3n) is 2.56. The van der Waals surface area contributed by atoms with Gasteiger partial charge in [-0.1, -0.05) is 35.9 Å². The number of hydrogen-bond acceptors (Lipinski definition) is 2. The van der Waals surface area contributed by atoms with E-state index in [2.05, 4.69) is 47.6 Å². The Morgan fingerprint density at radius 2 is 2.06 bits per heavy atom. The van der Waals surface area contributed by atoms with Gasteiger partial charge in [-0.25, -0.2) is 0 Å². The van der Waals surface area contributed by atoms with Gasteiger partial charge in [0.25, 0.3) is 0 Å². The molecule has 1 aromatic carbocycles. The first-order valence-corrected chi connectivity index (χ1v) is 5.47. The van der Waals surface area contributed by atoms with Gasteiger partial charge in [0.2, 0.25) is 0 Å². The minimum absolute atomic E-state index is 0.796. The molecule has 0 aliphatic carbocycles. The predicted octanol–water partition coefficient (Wildman–Crippen LogP) is 2.78. The topological polar surface area (TPSA) is 24.9 Å². The summed E-state index contributed by atoms with van der Waals surface area (Å²) in [5.74, 6) is 0. The number of aromatic nitrogens is 1. The summed E-state index contributed by atoms with van der Waals surface area (Å²) in [6.45, 7) is 2.90. The molecule has 0 saturated heterocycles. The van der Waals surface area contributed by atoms with Gasteiger partial charge < -0.3 is 5.32 Å². The van der Waals surface area contributed by atoms with Gasteiger partial charge >= 0.3 is 0 Å². The van der Waals surface area contributed by atoms with E-state index in [0.717, 1.165) is 12.2 Å². The van der Waals surface area contributed by atoms with E-state index in [1.54, 1.807) is 0 Å². The third-order valence-corrected chi connectivity index (χ3v) is 2.56. The molecule has 0 radical (unpaired) electrons. The molecule has 16 heavy (non-hydrogen) atoms. The SMILES string of the molecule is CNCc1ncccc1-c1cccc(C)c1. The smallest absolute Gasteiger partial charge is 0.0619 e. The molecule has 0 aliphatic heterocycles. The summed E-state index contributed by atoms with van der Waals surface area (Å²) in [6.07, 6.45) is 1.84. The normalized spacial score (nSPS) is 10.4. The number of nitrogens with zero attached hydrogens (tertiary/aromatic N) is 1. The zero-order valence-corrected chi connectivity index (χ0v) is 9.70. The van der Waals surface area contributed by atoms with Gasteiger partial charge in [-0.3, -0.25) is 4.98 Å². The molecule has 0 aliphatic rings. The van der Waals surface area contributed by atoms with E-state index < -0.39 is 0 Å². The molecule has 0 amide bonds. The zero-order chi connectivity index (χ0) is 11.4. The first-order chi connectivity index (χ1) is 7.81. The molecule has 0 fully saturated rings. The largest absolute Gasteiger partial charge is 0.314 e. The Kier molecular flexibility index (Phi) is 3.32. The molecule has 1 N–H and O–H groups in total. The van der Waals surface area contributed by atoms with Crippen molar-refractivity contribution < 1.29 is 0 Å². The van der Waals surface area contributed by atoms with Crippen molar-refractivity contribution in [1.82, 2.24) is 10.3 Å². The lowest BCUT2D eigenvalue weighted by Gasteiger charge is -2.08. The molecule has 0 atom stereocenters. The molecular formula is C14H16N2. The summed E-state index contributed by atoms with van der Waals surface area (Å²) < 4.78 is 0. The Morgan fingerprint density at radius 1 is 1.19 bits per heavy atom. The minimum atomic E-state index is 0.796. The van der Waals surface area contributed by atoms with Crippen LogP contribution in [0, 0.1) is 6.92 Å². The number of benzene rings is 1. The molecule has 82 valence electrons. The lowest BCUT2D eigenvalue weighted by molar-refractivity contribution is 0.793. The lowest BCUT2D eigenvalue weighted by Crippen LogP contribution is -2.08. The van der Waals surface area contributed by atoms with Crippen LogP contribution in [0.2, 0.25) is 0 Å². The number of nitrogens with one attached hydrogen (secondary N) is 1. The van der Waals surface area contributed by atoms with E-state index in [4.69, 9.17) is 0 Å². The molecule has 2 rings (SSSR count). The Hall–Kier alpha value is -1.67.